The van der Waals surface area contributed by atoms with Crippen molar-refractivity contribution in [2.75, 3.05) is 5.73 Å². The summed E-state index contributed by atoms with van der Waals surface area (Å²) >= 11 is 4.15. The highest BCUT2D eigenvalue weighted by Gasteiger charge is 1.99. The first-order valence-corrected chi connectivity index (χ1v) is 4.10. The van der Waals surface area contributed by atoms with E-state index in [9.17, 15) is 4.79 Å². The Morgan fingerprint density at radius 1 is 1.50 bits per heavy atom. The van der Waals surface area contributed by atoms with Crippen molar-refractivity contribution in [1.29, 1.82) is 0 Å². The van der Waals surface area contributed by atoms with Gasteiger partial charge in [0.05, 0.1) is 0 Å². The van der Waals surface area contributed by atoms with Gasteiger partial charge in [-0.3, -0.25) is 4.79 Å². The minimum Gasteiger partial charge on any atom is -0.399 e. The predicted octanol–water partition coefficient (Wildman–Crippen LogP) is 1.69. The quantitative estimate of drug-likeness (QED) is 0.538. The summed E-state index contributed by atoms with van der Waals surface area (Å²) in [6.45, 7) is 1.56. The van der Waals surface area contributed by atoms with Gasteiger partial charge in [0.1, 0.15) is 5.78 Å². The molecule has 0 heterocycles. The molecule has 0 spiro atoms. The lowest BCUT2D eigenvalue weighted by atomic mass is 10.1. The first-order chi connectivity index (χ1) is 5.58. The fraction of sp³-hybridized carbons (Fsp3) is 0.222. The molecule has 0 aliphatic carbocycles. The van der Waals surface area contributed by atoms with E-state index in [-0.39, 0.29) is 5.78 Å². The molecule has 0 aliphatic rings. The molecule has 2 N–H and O–H groups in total. The zero-order valence-electron chi connectivity index (χ0n) is 6.87. The Balaban J connectivity index is 2.93. The number of nitrogens with two attached hydrogens (primary N) is 1. The summed E-state index contributed by atoms with van der Waals surface area (Å²) in [6, 6.07) is 5.40. The van der Waals surface area contributed by atoms with Gasteiger partial charge in [-0.05, 0) is 30.7 Å². The molecule has 0 amide bonds. The second kappa shape index (κ2) is 3.63. The zero-order valence-corrected chi connectivity index (χ0v) is 7.77. The lowest BCUT2D eigenvalue weighted by Crippen LogP contribution is -1.97. The lowest BCUT2D eigenvalue weighted by molar-refractivity contribution is -0.116. The molecule has 0 saturated heterocycles. The highest BCUT2D eigenvalue weighted by atomic mass is 32.1. The number of rotatable bonds is 2. The molecule has 0 radical (unpaired) electrons. The van der Waals surface area contributed by atoms with Crippen molar-refractivity contribution in [2.45, 2.75) is 18.2 Å². The molecule has 2 nitrogen and oxygen atoms in total. The average Bonchev–Trinajstić information content (AvgIpc) is 1.81. The highest BCUT2D eigenvalue weighted by molar-refractivity contribution is 7.80. The smallest absolute Gasteiger partial charge is 0.134 e. The number of ketones is 1. The van der Waals surface area contributed by atoms with Gasteiger partial charge in [0.15, 0.2) is 0 Å². The number of nitrogen functional groups attached to an aromatic ring is 1. The molecule has 0 bridgehead atoms. The molecule has 0 atom stereocenters. The van der Waals surface area contributed by atoms with Crippen LogP contribution in [0.4, 0.5) is 5.69 Å². The molecule has 1 rings (SSSR count). The Hall–Kier alpha value is -0.960. The maximum absolute atomic E-state index is 10.8. The maximum Gasteiger partial charge on any atom is 0.134 e. The summed E-state index contributed by atoms with van der Waals surface area (Å²) in [7, 11) is 0. The first kappa shape index (κ1) is 9.13. The average molecular weight is 181 g/mol. The van der Waals surface area contributed by atoms with Gasteiger partial charge >= 0.3 is 0 Å². The van der Waals surface area contributed by atoms with Gasteiger partial charge in [-0.15, -0.1) is 12.6 Å². The molecule has 0 saturated carbocycles. The van der Waals surface area contributed by atoms with E-state index in [0.29, 0.717) is 12.1 Å². The van der Waals surface area contributed by atoms with Gasteiger partial charge in [-0.25, -0.2) is 0 Å². The van der Waals surface area contributed by atoms with E-state index in [0.717, 1.165) is 10.5 Å². The largest absolute Gasteiger partial charge is 0.399 e. The molecule has 1 aromatic rings. The van der Waals surface area contributed by atoms with E-state index in [4.69, 9.17) is 5.73 Å². The van der Waals surface area contributed by atoms with E-state index < -0.39 is 0 Å². The van der Waals surface area contributed by atoms with Crippen LogP contribution in [0.1, 0.15) is 12.5 Å². The van der Waals surface area contributed by atoms with Gasteiger partial charge in [-0.1, -0.05) is 0 Å². The van der Waals surface area contributed by atoms with Gasteiger partial charge in [0.2, 0.25) is 0 Å². The lowest BCUT2D eigenvalue weighted by Gasteiger charge is -2.01. The second-order valence-electron chi connectivity index (χ2n) is 2.81. The zero-order chi connectivity index (χ0) is 9.14. The first-order valence-electron chi connectivity index (χ1n) is 3.66. The van der Waals surface area contributed by atoms with Crippen molar-refractivity contribution in [2.24, 2.45) is 0 Å². The number of thiol groups is 1. The molecular weight excluding hydrogens is 170 g/mol. The van der Waals surface area contributed by atoms with Crippen LogP contribution < -0.4 is 5.73 Å². The van der Waals surface area contributed by atoms with Crippen LogP contribution in [-0.2, 0) is 11.2 Å². The normalized spacial score (nSPS) is 9.83. The van der Waals surface area contributed by atoms with Crippen molar-refractivity contribution >= 4 is 24.1 Å². The van der Waals surface area contributed by atoms with Crippen LogP contribution in [-0.4, -0.2) is 5.78 Å². The fourth-order valence-electron chi connectivity index (χ4n) is 1.09. The Morgan fingerprint density at radius 2 is 2.17 bits per heavy atom. The van der Waals surface area contributed by atoms with Crippen molar-refractivity contribution in [3.63, 3.8) is 0 Å². The molecule has 0 fully saturated rings. The number of benzene rings is 1. The van der Waals surface area contributed by atoms with Crippen molar-refractivity contribution in [1.82, 2.24) is 0 Å². The van der Waals surface area contributed by atoms with Gasteiger partial charge < -0.3 is 5.73 Å². The van der Waals surface area contributed by atoms with Crippen molar-refractivity contribution in [3.8, 4) is 0 Å². The standard InChI is InChI=1S/C9H11NOS/c1-6(11)2-7-3-8(10)5-9(12)4-7/h3-5,12H,2,10H2,1H3. The third kappa shape index (κ3) is 2.58. The summed E-state index contributed by atoms with van der Waals surface area (Å²) in [5, 5.41) is 0. The molecule has 0 unspecified atom stereocenters. The molecular formula is C9H11NOS. The highest BCUT2D eigenvalue weighted by Crippen LogP contribution is 2.15. The van der Waals surface area contributed by atoms with E-state index in [1.54, 1.807) is 19.1 Å². The van der Waals surface area contributed by atoms with Crippen molar-refractivity contribution in [3.05, 3.63) is 23.8 Å². The van der Waals surface area contributed by atoms with E-state index in [2.05, 4.69) is 12.6 Å². The van der Waals surface area contributed by atoms with Crippen LogP contribution in [0.25, 0.3) is 0 Å². The van der Waals surface area contributed by atoms with Crippen LogP contribution in [0.3, 0.4) is 0 Å². The Morgan fingerprint density at radius 3 is 2.67 bits per heavy atom. The third-order valence-electron chi connectivity index (χ3n) is 1.45. The summed E-state index contributed by atoms with van der Waals surface area (Å²) in [4.78, 5) is 11.6. The molecule has 12 heavy (non-hydrogen) atoms. The number of carbonyl (C=O) groups is 1. The molecule has 0 aromatic heterocycles. The summed E-state index contributed by atoms with van der Waals surface area (Å²) in [5.41, 5.74) is 7.15. The molecule has 1 aromatic carbocycles. The predicted molar refractivity (Wildman–Crippen MR) is 52.5 cm³/mol. The summed E-state index contributed by atoms with van der Waals surface area (Å²) < 4.78 is 0. The topological polar surface area (TPSA) is 43.1 Å². The minimum atomic E-state index is 0.133. The monoisotopic (exact) mass is 181 g/mol. The number of hydrogen-bond acceptors (Lipinski definition) is 3. The van der Waals surface area contributed by atoms with Crippen molar-refractivity contribution < 1.29 is 4.79 Å². The van der Waals surface area contributed by atoms with Crippen LogP contribution in [0.2, 0.25) is 0 Å². The number of Topliss-reactive ketones (excluding diaryl/α,β-unsaturated/α-hetero) is 1. The van der Waals surface area contributed by atoms with E-state index in [1.165, 1.54) is 0 Å². The SMILES string of the molecule is CC(=O)Cc1cc(N)cc(S)c1. The van der Waals surface area contributed by atoms with Gasteiger partial charge in [-0.2, -0.15) is 0 Å². The fourth-order valence-corrected chi connectivity index (χ4v) is 1.40. The molecule has 0 aliphatic heterocycles. The minimum absolute atomic E-state index is 0.133. The van der Waals surface area contributed by atoms with E-state index in [1.807, 2.05) is 6.07 Å². The number of hydrogen-bond donors (Lipinski definition) is 2. The Kier molecular flexibility index (Phi) is 2.76. The van der Waals surface area contributed by atoms with E-state index >= 15 is 0 Å². The molecule has 3 heteroatoms. The number of anilines is 1. The van der Waals surface area contributed by atoms with Gasteiger partial charge in [0, 0.05) is 17.0 Å². The van der Waals surface area contributed by atoms with Gasteiger partial charge in [0.25, 0.3) is 0 Å². The van der Waals surface area contributed by atoms with Crippen LogP contribution in [0.5, 0.6) is 0 Å². The number of carbonyl (C=O) groups excluding carboxylic acids is 1. The third-order valence-corrected chi connectivity index (χ3v) is 1.71. The molecule has 64 valence electrons. The Bertz CT molecular complexity index is 289. The summed E-state index contributed by atoms with van der Waals surface area (Å²) in [5.74, 6) is 0.133. The Labute approximate surface area is 77.2 Å². The van der Waals surface area contributed by atoms with Crippen LogP contribution >= 0.6 is 12.6 Å². The van der Waals surface area contributed by atoms with Crippen LogP contribution in [0, 0.1) is 0 Å². The second-order valence-corrected chi connectivity index (χ2v) is 3.33. The maximum atomic E-state index is 10.8. The van der Waals surface area contributed by atoms with Crippen LogP contribution in [0.15, 0.2) is 23.1 Å². The summed E-state index contributed by atoms with van der Waals surface area (Å²) in [6.07, 6.45) is 0.429.